The second kappa shape index (κ2) is 9.06. The van der Waals surface area contributed by atoms with Crippen molar-refractivity contribution in [2.75, 3.05) is 19.8 Å². The number of nitrogens with one attached hydrogen (secondary N) is 1. The molecule has 1 aromatic heterocycles. The van der Waals surface area contributed by atoms with Gasteiger partial charge < -0.3 is 19.5 Å². The van der Waals surface area contributed by atoms with Crippen molar-refractivity contribution < 1.29 is 22.7 Å². The van der Waals surface area contributed by atoms with Gasteiger partial charge in [0.2, 0.25) is 5.91 Å². The number of carbonyl (C=O) groups is 1. The first-order valence-corrected chi connectivity index (χ1v) is 12.0. The lowest BCUT2D eigenvalue weighted by Crippen LogP contribution is -2.51. The average Bonchev–Trinajstić information content (AvgIpc) is 3.19. The highest BCUT2D eigenvalue weighted by molar-refractivity contribution is 5.83. The largest absolute Gasteiger partial charge is 0.416 e. The van der Waals surface area contributed by atoms with E-state index in [1.807, 2.05) is 0 Å². The Labute approximate surface area is 192 Å². The Kier molecular flexibility index (Phi) is 6.66. The summed E-state index contributed by atoms with van der Waals surface area (Å²) in [6.07, 6.45) is -1.26. The van der Waals surface area contributed by atoms with Crippen molar-refractivity contribution in [3.8, 4) is 0 Å². The van der Waals surface area contributed by atoms with Crippen molar-refractivity contribution in [3.63, 3.8) is 0 Å². The molecule has 33 heavy (non-hydrogen) atoms. The smallest absolute Gasteiger partial charge is 0.381 e. The Balaban J connectivity index is 1.51. The first-order valence-electron chi connectivity index (χ1n) is 12.0. The van der Waals surface area contributed by atoms with Gasteiger partial charge in [-0.15, -0.1) is 0 Å². The Morgan fingerprint density at radius 1 is 1.24 bits per heavy atom. The van der Waals surface area contributed by atoms with Crippen molar-refractivity contribution in [1.29, 1.82) is 0 Å². The minimum Gasteiger partial charge on any atom is -0.381 e. The molecule has 0 bridgehead atoms. The fraction of sp³-hybridized carbons (Fsp3) is 0.750. The number of nitrogens with zero attached hydrogens (tertiary/aromatic N) is 2. The average molecular weight is 470 g/mol. The number of amides is 1. The van der Waals surface area contributed by atoms with Gasteiger partial charge >= 0.3 is 6.18 Å². The van der Waals surface area contributed by atoms with Gasteiger partial charge in [0.15, 0.2) is 0 Å². The summed E-state index contributed by atoms with van der Waals surface area (Å²) in [6, 6.07) is 2.25. The molecule has 6 nitrogen and oxygen atoms in total. The number of alkyl halides is 3. The molecule has 1 N–H and O–H groups in total. The summed E-state index contributed by atoms with van der Waals surface area (Å²) in [5, 5.41) is 3.76. The molecule has 4 atom stereocenters. The van der Waals surface area contributed by atoms with E-state index in [4.69, 9.17) is 4.74 Å². The molecular formula is C24H34F3N3O3. The maximum atomic E-state index is 13.8. The van der Waals surface area contributed by atoms with Crippen LogP contribution in [-0.4, -0.2) is 47.2 Å². The van der Waals surface area contributed by atoms with E-state index in [0.717, 1.165) is 45.0 Å². The highest BCUT2D eigenvalue weighted by atomic mass is 19.4. The van der Waals surface area contributed by atoms with E-state index in [0.29, 0.717) is 24.6 Å². The third-order valence-electron chi connectivity index (χ3n) is 7.95. The number of rotatable bonds is 4. The number of carbonyl (C=O) groups excluding carboxylic acids is 1. The van der Waals surface area contributed by atoms with Crippen molar-refractivity contribution >= 4 is 5.91 Å². The SMILES string of the molecule is CC(C)[C@]1(C(=O)N2CCn3c(cc(C(F)(F)F)cc3=O)C2)CC[C@@H](NC2CCOC[C@@H]2C)C1. The minimum atomic E-state index is -4.59. The number of hydrogen-bond donors (Lipinski definition) is 1. The van der Waals surface area contributed by atoms with Crippen molar-refractivity contribution in [2.24, 2.45) is 17.3 Å². The van der Waals surface area contributed by atoms with Gasteiger partial charge in [0.25, 0.3) is 5.56 Å². The van der Waals surface area contributed by atoms with E-state index in [1.165, 1.54) is 4.57 Å². The molecule has 0 aromatic carbocycles. The molecule has 3 aliphatic rings. The minimum absolute atomic E-state index is 0.00191. The number of pyridine rings is 1. The van der Waals surface area contributed by atoms with Gasteiger partial charge in [0.1, 0.15) is 0 Å². The third-order valence-corrected chi connectivity index (χ3v) is 7.95. The Morgan fingerprint density at radius 3 is 2.67 bits per heavy atom. The summed E-state index contributed by atoms with van der Waals surface area (Å²) in [5.41, 5.74) is -1.92. The first kappa shape index (κ1) is 24.3. The lowest BCUT2D eigenvalue weighted by atomic mass is 9.74. The van der Waals surface area contributed by atoms with E-state index >= 15 is 0 Å². The molecule has 3 heterocycles. The summed E-state index contributed by atoms with van der Waals surface area (Å²) >= 11 is 0. The van der Waals surface area contributed by atoms with Crippen molar-refractivity contribution in [1.82, 2.24) is 14.8 Å². The maximum absolute atomic E-state index is 13.8. The molecule has 9 heteroatoms. The number of aromatic nitrogens is 1. The Morgan fingerprint density at radius 2 is 2.00 bits per heavy atom. The van der Waals surface area contributed by atoms with E-state index < -0.39 is 22.7 Å². The first-order chi connectivity index (χ1) is 15.5. The van der Waals surface area contributed by atoms with Gasteiger partial charge in [-0.1, -0.05) is 20.8 Å². The van der Waals surface area contributed by atoms with Crippen LogP contribution in [0.2, 0.25) is 0 Å². The van der Waals surface area contributed by atoms with Gasteiger partial charge in [0.05, 0.1) is 24.1 Å². The summed E-state index contributed by atoms with van der Waals surface area (Å²) in [4.78, 5) is 27.7. The highest BCUT2D eigenvalue weighted by Crippen LogP contribution is 2.46. The monoisotopic (exact) mass is 469 g/mol. The van der Waals surface area contributed by atoms with E-state index in [-0.39, 0.29) is 36.7 Å². The fourth-order valence-electron chi connectivity index (χ4n) is 5.80. The predicted molar refractivity (Wildman–Crippen MR) is 118 cm³/mol. The summed E-state index contributed by atoms with van der Waals surface area (Å²) in [6.45, 7) is 8.36. The number of ether oxygens (including phenoxy) is 1. The fourth-order valence-corrected chi connectivity index (χ4v) is 5.80. The van der Waals surface area contributed by atoms with Gasteiger partial charge in [-0.05, 0) is 43.6 Å². The van der Waals surface area contributed by atoms with E-state index in [2.05, 4.69) is 26.1 Å². The maximum Gasteiger partial charge on any atom is 0.416 e. The molecule has 1 aromatic rings. The van der Waals surface area contributed by atoms with Crippen LogP contribution < -0.4 is 10.9 Å². The van der Waals surface area contributed by atoms with Gasteiger partial charge in [-0.2, -0.15) is 13.2 Å². The molecule has 1 aliphatic carbocycles. The van der Waals surface area contributed by atoms with Crippen LogP contribution in [0.1, 0.15) is 57.7 Å². The molecule has 2 fully saturated rings. The number of hydrogen-bond acceptors (Lipinski definition) is 4. The number of fused-ring (bicyclic) bond motifs is 1. The van der Waals surface area contributed by atoms with Gasteiger partial charge in [-0.25, -0.2) is 0 Å². The van der Waals surface area contributed by atoms with Crippen LogP contribution in [-0.2, 0) is 28.8 Å². The van der Waals surface area contributed by atoms with Crippen LogP contribution in [0, 0.1) is 17.3 Å². The van der Waals surface area contributed by atoms with Crippen molar-refractivity contribution in [2.45, 2.75) is 77.8 Å². The van der Waals surface area contributed by atoms with Crippen LogP contribution in [0.4, 0.5) is 13.2 Å². The van der Waals surface area contributed by atoms with Crippen molar-refractivity contribution in [3.05, 3.63) is 33.7 Å². The number of halogens is 3. The van der Waals surface area contributed by atoms with E-state index in [1.54, 1.807) is 4.90 Å². The molecule has 0 spiro atoms. The zero-order chi connectivity index (χ0) is 24.0. The Bertz CT molecular complexity index is 945. The van der Waals surface area contributed by atoms with Crippen LogP contribution >= 0.6 is 0 Å². The summed E-state index contributed by atoms with van der Waals surface area (Å²) < 4.78 is 46.6. The quantitative estimate of drug-likeness (QED) is 0.734. The normalized spacial score (nSPS) is 30.5. The lowest BCUT2D eigenvalue weighted by Gasteiger charge is -2.40. The molecule has 1 unspecified atom stereocenters. The molecule has 0 radical (unpaired) electrons. The molecule has 1 saturated carbocycles. The summed E-state index contributed by atoms with van der Waals surface area (Å²) in [7, 11) is 0. The zero-order valence-corrected chi connectivity index (χ0v) is 19.6. The van der Waals surface area contributed by atoms with Gasteiger partial charge in [-0.3, -0.25) is 9.59 Å². The molecular weight excluding hydrogens is 435 g/mol. The Hall–Kier alpha value is -1.87. The molecule has 184 valence electrons. The highest BCUT2D eigenvalue weighted by Gasteiger charge is 2.50. The lowest BCUT2D eigenvalue weighted by molar-refractivity contribution is -0.146. The molecule has 2 aliphatic heterocycles. The second-order valence-corrected chi connectivity index (χ2v) is 10.3. The predicted octanol–water partition coefficient (Wildman–Crippen LogP) is 3.42. The van der Waals surface area contributed by atoms with Crippen LogP contribution in [0.3, 0.4) is 0 Å². The molecule has 1 amide bonds. The molecule has 1 saturated heterocycles. The second-order valence-electron chi connectivity index (χ2n) is 10.3. The van der Waals surface area contributed by atoms with E-state index in [9.17, 15) is 22.8 Å². The summed E-state index contributed by atoms with van der Waals surface area (Å²) in [5.74, 6) is 0.524. The third kappa shape index (κ3) is 4.71. The van der Waals surface area contributed by atoms with Crippen LogP contribution in [0.25, 0.3) is 0 Å². The topological polar surface area (TPSA) is 63.6 Å². The standard InChI is InChI=1S/C24H34F3N3O3/c1-15(2)23(6-4-18(12-23)28-20-5-9-33-14-16(20)3)22(32)29-7-8-30-19(13-29)10-17(11-21(30)31)24(25,26)27/h10-11,15-16,18,20,28H,4-9,12-14H2,1-3H3/t16-,18+,20?,23-/m0/s1. The zero-order valence-electron chi connectivity index (χ0n) is 19.6. The van der Waals surface area contributed by atoms with Gasteiger partial charge in [0, 0.05) is 43.5 Å². The molecule has 4 rings (SSSR count). The van der Waals surface area contributed by atoms with Crippen LogP contribution in [0.5, 0.6) is 0 Å². The van der Waals surface area contributed by atoms with Crippen LogP contribution in [0.15, 0.2) is 16.9 Å².